The summed E-state index contributed by atoms with van der Waals surface area (Å²) in [5.41, 5.74) is 1.83. The predicted octanol–water partition coefficient (Wildman–Crippen LogP) is 2.84. The van der Waals surface area contributed by atoms with Crippen LogP contribution in [-0.4, -0.2) is 31.4 Å². The van der Waals surface area contributed by atoms with Gasteiger partial charge >= 0.3 is 0 Å². The highest BCUT2D eigenvalue weighted by Crippen LogP contribution is 2.27. The van der Waals surface area contributed by atoms with Crippen molar-refractivity contribution in [3.05, 3.63) is 28.8 Å². The first-order chi connectivity index (χ1) is 8.70. The Morgan fingerprint density at radius 1 is 1.44 bits per heavy atom. The zero-order valence-electron chi connectivity index (χ0n) is 10.7. The number of likely N-dealkylation sites (N-methyl/N-ethyl adjacent to an activating group) is 1. The van der Waals surface area contributed by atoms with Crippen LogP contribution in [0.3, 0.4) is 0 Å². The maximum atomic E-state index is 9.06. The topological polar surface area (TPSA) is 32.7 Å². The third-order valence-corrected chi connectivity index (χ3v) is 3.66. The maximum Gasteiger partial charge on any atom is 0.0749 e. The number of hydrogen-bond donors (Lipinski definition) is 1. The van der Waals surface area contributed by atoms with E-state index in [4.69, 9.17) is 21.4 Å². The largest absolute Gasteiger partial charge is 0.392 e. The third-order valence-electron chi connectivity index (χ3n) is 3.36. The van der Waals surface area contributed by atoms with Crippen molar-refractivity contribution in [3.8, 4) is 0 Å². The average molecular weight is 270 g/mol. The lowest BCUT2D eigenvalue weighted by molar-refractivity contribution is 0.0216. The summed E-state index contributed by atoms with van der Waals surface area (Å²) in [7, 11) is 2.03. The summed E-state index contributed by atoms with van der Waals surface area (Å²) in [4.78, 5) is 2.12. The summed E-state index contributed by atoms with van der Waals surface area (Å²) < 4.78 is 5.73. The van der Waals surface area contributed by atoms with Crippen molar-refractivity contribution in [3.63, 3.8) is 0 Å². The monoisotopic (exact) mass is 269 g/mol. The molecular weight excluding hydrogens is 250 g/mol. The molecule has 0 aliphatic carbocycles. The van der Waals surface area contributed by atoms with E-state index in [-0.39, 0.29) is 6.61 Å². The number of hydrogen-bond acceptors (Lipinski definition) is 3. The van der Waals surface area contributed by atoms with Crippen LogP contribution in [0.2, 0.25) is 5.02 Å². The molecule has 2 rings (SSSR count). The fraction of sp³-hybridized carbons (Fsp3) is 0.571. The fourth-order valence-corrected chi connectivity index (χ4v) is 2.66. The number of anilines is 1. The van der Waals surface area contributed by atoms with E-state index in [0.29, 0.717) is 11.1 Å². The third kappa shape index (κ3) is 3.37. The van der Waals surface area contributed by atoms with Crippen molar-refractivity contribution < 1.29 is 9.84 Å². The molecule has 0 saturated carbocycles. The van der Waals surface area contributed by atoms with Crippen LogP contribution in [0.1, 0.15) is 24.8 Å². The summed E-state index contributed by atoms with van der Waals surface area (Å²) in [6.45, 7) is 1.75. The number of halogens is 1. The van der Waals surface area contributed by atoms with Crippen molar-refractivity contribution in [2.45, 2.75) is 32.0 Å². The minimum atomic E-state index is 0.0233. The van der Waals surface area contributed by atoms with E-state index >= 15 is 0 Å². The Hall–Kier alpha value is -0.770. The molecule has 1 N–H and O–H groups in total. The van der Waals surface area contributed by atoms with Gasteiger partial charge in [0.05, 0.1) is 23.4 Å². The molecule has 1 aromatic rings. The molecule has 100 valence electrons. The van der Waals surface area contributed by atoms with E-state index in [1.807, 2.05) is 25.2 Å². The van der Waals surface area contributed by atoms with Crippen LogP contribution in [0.5, 0.6) is 0 Å². The van der Waals surface area contributed by atoms with Gasteiger partial charge in [0.2, 0.25) is 0 Å². The van der Waals surface area contributed by atoms with Gasteiger partial charge in [-0.1, -0.05) is 17.7 Å². The summed E-state index contributed by atoms with van der Waals surface area (Å²) in [6, 6.07) is 5.67. The minimum Gasteiger partial charge on any atom is -0.392 e. The van der Waals surface area contributed by atoms with E-state index in [9.17, 15) is 0 Å². The number of aliphatic hydroxyl groups is 1. The van der Waals surface area contributed by atoms with Crippen molar-refractivity contribution in [2.75, 3.05) is 25.1 Å². The van der Waals surface area contributed by atoms with Crippen LogP contribution in [-0.2, 0) is 11.3 Å². The predicted molar refractivity (Wildman–Crippen MR) is 74.2 cm³/mol. The maximum absolute atomic E-state index is 9.06. The van der Waals surface area contributed by atoms with Crippen molar-refractivity contribution in [1.82, 2.24) is 0 Å². The standard InChI is InChI=1S/C14H20ClNO2/c1-16(9-12-4-2-3-7-18-12)14-6-5-11(10-17)8-13(14)15/h5-6,8,12,17H,2-4,7,9-10H2,1H3. The van der Waals surface area contributed by atoms with Crippen molar-refractivity contribution >= 4 is 17.3 Å². The molecule has 0 bridgehead atoms. The van der Waals surface area contributed by atoms with Gasteiger partial charge in [-0.2, -0.15) is 0 Å². The van der Waals surface area contributed by atoms with Gasteiger partial charge < -0.3 is 14.7 Å². The molecule has 0 amide bonds. The second kappa shape index (κ2) is 6.41. The zero-order chi connectivity index (χ0) is 13.0. The van der Waals surface area contributed by atoms with Crippen LogP contribution in [0, 0.1) is 0 Å². The van der Waals surface area contributed by atoms with Crippen LogP contribution >= 0.6 is 11.6 Å². The molecular formula is C14H20ClNO2. The molecule has 18 heavy (non-hydrogen) atoms. The molecule has 3 nitrogen and oxygen atoms in total. The lowest BCUT2D eigenvalue weighted by Gasteiger charge is -2.29. The molecule has 4 heteroatoms. The molecule has 1 aliphatic rings. The van der Waals surface area contributed by atoms with Gasteiger partial charge in [-0.05, 0) is 37.0 Å². The normalized spacial score (nSPS) is 19.8. The Morgan fingerprint density at radius 3 is 2.89 bits per heavy atom. The van der Waals surface area contributed by atoms with E-state index in [1.54, 1.807) is 0 Å². The van der Waals surface area contributed by atoms with Crippen LogP contribution in [0.25, 0.3) is 0 Å². The van der Waals surface area contributed by atoms with E-state index in [0.717, 1.165) is 30.8 Å². The number of benzene rings is 1. The quantitative estimate of drug-likeness (QED) is 0.912. The van der Waals surface area contributed by atoms with Gasteiger partial charge in [-0.25, -0.2) is 0 Å². The van der Waals surface area contributed by atoms with E-state index < -0.39 is 0 Å². The molecule has 1 saturated heterocycles. The molecule has 1 atom stereocenters. The van der Waals surface area contributed by atoms with Crippen LogP contribution < -0.4 is 4.90 Å². The summed E-state index contributed by atoms with van der Waals surface area (Å²) in [5.74, 6) is 0. The van der Waals surface area contributed by atoms with Crippen LogP contribution in [0.15, 0.2) is 18.2 Å². The van der Waals surface area contributed by atoms with Gasteiger partial charge in [-0.3, -0.25) is 0 Å². The number of rotatable bonds is 4. The second-order valence-electron chi connectivity index (χ2n) is 4.81. The molecule has 0 radical (unpaired) electrons. The Morgan fingerprint density at radius 2 is 2.28 bits per heavy atom. The molecule has 1 heterocycles. The van der Waals surface area contributed by atoms with Crippen LogP contribution in [0.4, 0.5) is 5.69 Å². The fourth-order valence-electron chi connectivity index (χ4n) is 2.31. The Labute approximate surface area is 113 Å². The smallest absolute Gasteiger partial charge is 0.0749 e. The zero-order valence-corrected chi connectivity index (χ0v) is 11.5. The Balaban J connectivity index is 2.01. The van der Waals surface area contributed by atoms with Gasteiger partial charge in [0.15, 0.2) is 0 Å². The van der Waals surface area contributed by atoms with Gasteiger partial charge in [0, 0.05) is 20.2 Å². The van der Waals surface area contributed by atoms with E-state index in [2.05, 4.69) is 4.90 Å². The van der Waals surface area contributed by atoms with E-state index in [1.165, 1.54) is 12.8 Å². The number of nitrogens with zero attached hydrogens (tertiary/aromatic N) is 1. The second-order valence-corrected chi connectivity index (χ2v) is 5.22. The molecule has 1 aromatic carbocycles. The highest BCUT2D eigenvalue weighted by molar-refractivity contribution is 6.33. The van der Waals surface area contributed by atoms with Crippen molar-refractivity contribution in [1.29, 1.82) is 0 Å². The highest BCUT2D eigenvalue weighted by atomic mass is 35.5. The number of ether oxygens (including phenoxy) is 1. The SMILES string of the molecule is CN(CC1CCCCO1)c1ccc(CO)cc1Cl. The van der Waals surface area contributed by atoms with Gasteiger partial charge in [-0.15, -0.1) is 0 Å². The Bertz CT molecular complexity index is 391. The molecule has 1 aliphatic heterocycles. The summed E-state index contributed by atoms with van der Waals surface area (Å²) in [5, 5.41) is 9.74. The molecule has 1 fully saturated rings. The summed E-state index contributed by atoms with van der Waals surface area (Å²) in [6.07, 6.45) is 3.84. The highest BCUT2D eigenvalue weighted by Gasteiger charge is 2.17. The first-order valence-electron chi connectivity index (χ1n) is 6.42. The van der Waals surface area contributed by atoms with Crippen molar-refractivity contribution in [2.24, 2.45) is 0 Å². The first-order valence-corrected chi connectivity index (χ1v) is 6.80. The minimum absolute atomic E-state index is 0.0233. The lowest BCUT2D eigenvalue weighted by Crippen LogP contribution is -2.33. The summed E-state index contributed by atoms with van der Waals surface area (Å²) >= 11 is 6.23. The van der Waals surface area contributed by atoms with Gasteiger partial charge in [0.25, 0.3) is 0 Å². The molecule has 1 unspecified atom stereocenters. The average Bonchev–Trinajstić information content (AvgIpc) is 2.39. The first kappa shape index (κ1) is 13.7. The lowest BCUT2D eigenvalue weighted by atomic mass is 10.1. The number of aliphatic hydroxyl groups excluding tert-OH is 1. The molecule has 0 aromatic heterocycles. The Kier molecular flexibility index (Phi) is 4.87. The molecule has 0 spiro atoms. The van der Waals surface area contributed by atoms with Gasteiger partial charge in [0.1, 0.15) is 0 Å².